The molecule has 4 nitrogen and oxygen atoms in total. The molecule has 1 rings (SSSR count). The number of hydrogen-bond donors (Lipinski definition) is 0. The van der Waals surface area contributed by atoms with Crippen LogP contribution >= 0.6 is 0 Å². The molecule has 1 aliphatic rings. The van der Waals surface area contributed by atoms with E-state index in [1.54, 1.807) is 14.0 Å². The lowest BCUT2D eigenvalue weighted by Gasteiger charge is -2.21. The van der Waals surface area contributed by atoms with E-state index in [0.717, 1.165) is 25.7 Å². The number of ether oxygens (including phenoxy) is 2. The second-order valence-electron chi connectivity index (χ2n) is 4.65. The first kappa shape index (κ1) is 14.9. The van der Waals surface area contributed by atoms with E-state index in [0.29, 0.717) is 13.0 Å². The average Bonchev–Trinajstić information content (AvgIpc) is 2.35. The van der Waals surface area contributed by atoms with Gasteiger partial charge in [-0.05, 0) is 26.2 Å². The number of rotatable bonds is 7. The largest absolute Gasteiger partial charge is 0.356 e. The van der Waals surface area contributed by atoms with Crippen molar-refractivity contribution in [2.45, 2.75) is 57.0 Å². The topological polar surface area (TPSA) is 52.6 Å². The Morgan fingerprint density at radius 1 is 1.24 bits per heavy atom. The van der Waals surface area contributed by atoms with Gasteiger partial charge in [0.15, 0.2) is 16.1 Å². The van der Waals surface area contributed by atoms with Crippen molar-refractivity contribution in [3.8, 4) is 0 Å². The predicted octanol–water partition coefficient (Wildman–Crippen LogP) is 2.13. The molecular weight excluding hydrogens is 240 g/mol. The minimum absolute atomic E-state index is 0.101. The van der Waals surface area contributed by atoms with Gasteiger partial charge >= 0.3 is 0 Å². The fourth-order valence-electron chi connectivity index (χ4n) is 2.17. The van der Waals surface area contributed by atoms with Gasteiger partial charge in [-0.3, -0.25) is 0 Å². The highest BCUT2D eigenvalue weighted by Gasteiger charge is 2.26. The molecule has 0 aliphatic heterocycles. The van der Waals surface area contributed by atoms with Crippen molar-refractivity contribution in [1.82, 2.24) is 0 Å². The molecule has 0 heterocycles. The molecule has 0 radical (unpaired) electrons. The second kappa shape index (κ2) is 7.34. The maximum Gasteiger partial charge on any atom is 0.154 e. The van der Waals surface area contributed by atoms with Crippen LogP contribution < -0.4 is 0 Å². The molecule has 1 atom stereocenters. The minimum atomic E-state index is -2.91. The standard InChI is InChI=1S/C12H24O4S/c1-11(15-2)16-9-6-10-17(13,14)12-7-4-3-5-8-12/h11-12H,3-10H2,1-2H3. The number of methoxy groups -OCH3 is 1. The minimum Gasteiger partial charge on any atom is -0.356 e. The van der Waals surface area contributed by atoms with Gasteiger partial charge in [-0.1, -0.05) is 19.3 Å². The first-order valence-corrected chi connectivity index (χ1v) is 8.14. The van der Waals surface area contributed by atoms with Gasteiger partial charge in [-0.25, -0.2) is 8.42 Å². The monoisotopic (exact) mass is 264 g/mol. The third-order valence-electron chi connectivity index (χ3n) is 3.32. The third-order valence-corrected chi connectivity index (χ3v) is 5.66. The lowest BCUT2D eigenvalue weighted by Crippen LogP contribution is -2.27. The lowest BCUT2D eigenvalue weighted by atomic mass is 10.0. The molecular formula is C12H24O4S. The van der Waals surface area contributed by atoms with E-state index in [4.69, 9.17) is 9.47 Å². The van der Waals surface area contributed by atoms with Crippen molar-refractivity contribution in [3.05, 3.63) is 0 Å². The molecule has 0 spiro atoms. The van der Waals surface area contributed by atoms with Crippen LogP contribution in [0, 0.1) is 0 Å². The van der Waals surface area contributed by atoms with Gasteiger partial charge in [0.1, 0.15) is 0 Å². The first-order chi connectivity index (χ1) is 8.06. The van der Waals surface area contributed by atoms with Crippen LogP contribution in [-0.4, -0.2) is 39.4 Å². The Labute approximate surface area is 105 Å². The van der Waals surface area contributed by atoms with Crippen LogP contribution in [0.15, 0.2) is 0 Å². The quantitative estimate of drug-likeness (QED) is 0.522. The van der Waals surface area contributed by atoms with Crippen LogP contribution in [0.5, 0.6) is 0 Å². The molecule has 1 saturated carbocycles. The predicted molar refractivity (Wildman–Crippen MR) is 67.7 cm³/mol. The number of sulfone groups is 1. The normalized spacial score (nSPS) is 20.4. The Bertz CT molecular complexity index is 294. The number of hydrogen-bond acceptors (Lipinski definition) is 4. The van der Waals surface area contributed by atoms with Gasteiger partial charge in [0, 0.05) is 7.11 Å². The summed E-state index contributed by atoms with van der Waals surface area (Å²) in [5.74, 6) is 0.244. The molecule has 1 fully saturated rings. The first-order valence-electron chi connectivity index (χ1n) is 6.42. The summed E-state index contributed by atoms with van der Waals surface area (Å²) in [6.45, 7) is 2.25. The van der Waals surface area contributed by atoms with Gasteiger partial charge in [0.2, 0.25) is 0 Å². The molecule has 0 aromatic carbocycles. The van der Waals surface area contributed by atoms with Gasteiger partial charge in [-0.15, -0.1) is 0 Å². The van der Waals surface area contributed by atoms with E-state index >= 15 is 0 Å². The van der Waals surface area contributed by atoms with Crippen LogP contribution in [0.4, 0.5) is 0 Å². The van der Waals surface area contributed by atoms with E-state index < -0.39 is 9.84 Å². The Hall–Kier alpha value is -0.130. The molecule has 17 heavy (non-hydrogen) atoms. The van der Waals surface area contributed by atoms with Crippen LogP contribution in [0.1, 0.15) is 45.4 Å². The fourth-order valence-corrected chi connectivity index (χ4v) is 4.07. The van der Waals surface area contributed by atoms with Crippen molar-refractivity contribution >= 4 is 9.84 Å². The van der Waals surface area contributed by atoms with Gasteiger partial charge in [-0.2, -0.15) is 0 Å². The van der Waals surface area contributed by atoms with E-state index in [-0.39, 0.29) is 17.3 Å². The maximum absolute atomic E-state index is 12.0. The second-order valence-corrected chi connectivity index (χ2v) is 7.06. The molecule has 102 valence electrons. The molecule has 0 bridgehead atoms. The van der Waals surface area contributed by atoms with E-state index in [1.165, 1.54) is 6.42 Å². The Morgan fingerprint density at radius 2 is 1.88 bits per heavy atom. The zero-order valence-corrected chi connectivity index (χ0v) is 11.7. The van der Waals surface area contributed by atoms with Crippen molar-refractivity contribution in [3.63, 3.8) is 0 Å². The summed E-state index contributed by atoms with van der Waals surface area (Å²) in [6.07, 6.45) is 5.29. The van der Waals surface area contributed by atoms with Crippen LogP contribution in [0.2, 0.25) is 0 Å². The SMILES string of the molecule is COC(C)OCCCS(=O)(=O)C1CCCCC1. The summed E-state index contributed by atoms with van der Waals surface area (Å²) >= 11 is 0. The molecule has 0 N–H and O–H groups in total. The van der Waals surface area contributed by atoms with E-state index in [2.05, 4.69) is 0 Å². The summed E-state index contributed by atoms with van der Waals surface area (Å²) in [6, 6.07) is 0. The zero-order valence-electron chi connectivity index (χ0n) is 10.9. The van der Waals surface area contributed by atoms with Gasteiger partial charge in [0.05, 0.1) is 17.6 Å². The molecule has 0 saturated heterocycles. The van der Waals surface area contributed by atoms with Crippen LogP contribution in [0.25, 0.3) is 0 Å². The van der Waals surface area contributed by atoms with Gasteiger partial charge in [0.25, 0.3) is 0 Å². The van der Waals surface area contributed by atoms with Crippen molar-refractivity contribution < 1.29 is 17.9 Å². The summed E-state index contributed by atoms with van der Waals surface area (Å²) in [7, 11) is -1.34. The third kappa shape index (κ3) is 5.36. The van der Waals surface area contributed by atoms with Gasteiger partial charge < -0.3 is 9.47 Å². The molecule has 0 aromatic rings. The summed E-state index contributed by atoms with van der Waals surface area (Å²) in [5.41, 5.74) is 0. The van der Waals surface area contributed by atoms with Crippen molar-refractivity contribution in [2.24, 2.45) is 0 Å². The molecule has 0 amide bonds. The Kier molecular flexibility index (Phi) is 6.44. The maximum atomic E-state index is 12.0. The summed E-state index contributed by atoms with van der Waals surface area (Å²) in [4.78, 5) is 0. The summed E-state index contributed by atoms with van der Waals surface area (Å²) in [5, 5.41) is -0.101. The lowest BCUT2D eigenvalue weighted by molar-refractivity contribution is -0.110. The smallest absolute Gasteiger partial charge is 0.154 e. The van der Waals surface area contributed by atoms with Crippen molar-refractivity contribution in [2.75, 3.05) is 19.5 Å². The fraction of sp³-hybridized carbons (Fsp3) is 1.00. The molecule has 5 heteroatoms. The summed E-state index contributed by atoms with van der Waals surface area (Å²) < 4.78 is 34.2. The van der Waals surface area contributed by atoms with E-state index in [1.807, 2.05) is 0 Å². The highest BCUT2D eigenvalue weighted by Crippen LogP contribution is 2.24. The molecule has 1 aliphatic carbocycles. The molecule has 0 aromatic heterocycles. The highest BCUT2D eigenvalue weighted by molar-refractivity contribution is 7.92. The highest BCUT2D eigenvalue weighted by atomic mass is 32.2. The van der Waals surface area contributed by atoms with E-state index in [9.17, 15) is 8.42 Å². The average molecular weight is 264 g/mol. The van der Waals surface area contributed by atoms with Crippen LogP contribution in [-0.2, 0) is 19.3 Å². The Morgan fingerprint density at radius 3 is 2.47 bits per heavy atom. The zero-order chi connectivity index (χ0) is 12.7. The van der Waals surface area contributed by atoms with Crippen LogP contribution in [0.3, 0.4) is 0 Å². The molecule has 1 unspecified atom stereocenters. The van der Waals surface area contributed by atoms with Crippen molar-refractivity contribution in [1.29, 1.82) is 0 Å². The Balaban J connectivity index is 2.24.